The smallest absolute Gasteiger partial charge is 0.261 e. The summed E-state index contributed by atoms with van der Waals surface area (Å²) in [6.07, 6.45) is 3.92. The van der Waals surface area contributed by atoms with E-state index in [0.29, 0.717) is 5.69 Å². The Labute approximate surface area is 143 Å². The second kappa shape index (κ2) is 6.81. The van der Waals surface area contributed by atoms with Crippen molar-refractivity contribution in [3.05, 3.63) is 48.2 Å². The molecule has 3 rings (SSSR count). The Morgan fingerprint density at radius 2 is 1.92 bits per heavy atom. The first kappa shape index (κ1) is 16.8. The number of sulfonamides is 1. The van der Waals surface area contributed by atoms with Crippen molar-refractivity contribution in [2.24, 2.45) is 5.92 Å². The molecule has 1 aromatic heterocycles. The van der Waals surface area contributed by atoms with Gasteiger partial charge in [0.1, 0.15) is 5.82 Å². The Balaban J connectivity index is 1.72. The largest absolute Gasteiger partial charge is 0.357 e. The third-order valence-corrected chi connectivity index (χ3v) is 5.79. The molecule has 1 aliphatic heterocycles. The lowest BCUT2D eigenvalue weighted by Gasteiger charge is -2.31. The van der Waals surface area contributed by atoms with Crippen LogP contribution in [0, 0.1) is 12.8 Å². The lowest BCUT2D eigenvalue weighted by Crippen LogP contribution is -2.33. The van der Waals surface area contributed by atoms with Crippen LogP contribution in [0.2, 0.25) is 0 Å². The van der Waals surface area contributed by atoms with Crippen molar-refractivity contribution >= 4 is 21.5 Å². The zero-order valence-electron chi connectivity index (χ0n) is 14.1. The summed E-state index contributed by atoms with van der Waals surface area (Å²) in [5.41, 5.74) is 1.39. The van der Waals surface area contributed by atoms with Crippen molar-refractivity contribution in [1.29, 1.82) is 0 Å². The number of aryl methyl sites for hydroxylation is 1. The third kappa shape index (κ3) is 3.87. The van der Waals surface area contributed by atoms with E-state index in [4.69, 9.17) is 0 Å². The average molecular weight is 345 g/mol. The van der Waals surface area contributed by atoms with E-state index < -0.39 is 10.0 Å². The summed E-state index contributed by atoms with van der Waals surface area (Å²) in [6, 6.07) is 10.5. The molecule has 0 atom stereocenters. The van der Waals surface area contributed by atoms with E-state index in [1.807, 2.05) is 19.1 Å². The van der Waals surface area contributed by atoms with Crippen LogP contribution < -0.4 is 9.62 Å². The van der Waals surface area contributed by atoms with E-state index in [0.717, 1.165) is 30.4 Å². The van der Waals surface area contributed by atoms with Gasteiger partial charge in [0.05, 0.1) is 16.8 Å². The highest BCUT2D eigenvalue weighted by Crippen LogP contribution is 2.23. The molecule has 0 spiro atoms. The molecule has 1 saturated heterocycles. The molecule has 2 aromatic rings. The molecule has 0 bridgehead atoms. The number of piperidine rings is 1. The van der Waals surface area contributed by atoms with Gasteiger partial charge in [0.25, 0.3) is 10.0 Å². The van der Waals surface area contributed by atoms with Gasteiger partial charge < -0.3 is 4.90 Å². The highest BCUT2D eigenvalue weighted by atomic mass is 32.2. The Bertz CT molecular complexity index is 795. The number of nitrogens with zero attached hydrogens (tertiary/aromatic N) is 2. The molecule has 128 valence electrons. The fourth-order valence-electron chi connectivity index (χ4n) is 2.87. The number of aromatic nitrogens is 1. The molecule has 24 heavy (non-hydrogen) atoms. The number of rotatable bonds is 4. The van der Waals surface area contributed by atoms with Gasteiger partial charge in [-0.25, -0.2) is 13.4 Å². The van der Waals surface area contributed by atoms with Gasteiger partial charge in [-0.05, 0) is 55.5 Å². The molecule has 5 nitrogen and oxygen atoms in total. The number of hydrogen-bond donors (Lipinski definition) is 1. The molecule has 1 N–H and O–H groups in total. The van der Waals surface area contributed by atoms with Gasteiger partial charge in [0.15, 0.2) is 0 Å². The summed E-state index contributed by atoms with van der Waals surface area (Å²) in [6.45, 7) is 6.15. The van der Waals surface area contributed by atoms with Crippen LogP contribution in [-0.2, 0) is 10.0 Å². The van der Waals surface area contributed by atoms with E-state index in [9.17, 15) is 8.42 Å². The van der Waals surface area contributed by atoms with E-state index in [1.54, 1.807) is 30.5 Å². The zero-order valence-corrected chi connectivity index (χ0v) is 14.9. The standard InChI is InChI=1S/C18H23N3O2S/c1-14-8-10-21(11-9-14)18-7-6-16(13-19-18)20-24(22,23)17-5-3-4-15(2)12-17/h3-7,12-14,20H,8-11H2,1-2H3. The summed E-state index contributed by atoms with van der Waals surface area (Å²) < 4.78 is 27.4. The fourth-order valence-corrected chi connectivity index (χ4v) is 4.02. The van der Waals surface area contributed by atoms with Gasteiger partial charge in [-0.1, -0.05) is 19.1 Å². The van der Waals surface area contributed by atoms with Crippen LogP contribution in [0.25, 0.3) is 0 Å². The molecule has 1 aliphatic rings. The Kier molecular flexibility index (Phi) is 4.76. The van der Waals surface area contributed by atoms with Gasteiger partial charge in [0.2, 0.25) is 0 Å². The highest BCUT2D eigenvalue weighted by molar-refractivity contribution is 7.92. The first-order valence-electron chi connectivity index (χ1n) is 8.24. The number of benzene rings is 1. The maximum absolute atomic E-state index is 12.4. The van der Waals surface area contributed by atoms with Crippen molar-refractivity contribution < 1.29 is 8.42 Å². The second-order valence-electron chi connectivity index (χ2n) is 6.50. The van der Waals surface area contributed by atoms with E-state index in [-0.39, 0.29) is 4.90 Å². The number of hydrogen-bond acceptors (Lipinski definition) is 4. The molecule has 0 radical (unpaired) electrons. The molecule has 1 aromatic carbocycles. The van der Waals surface area contributed by atoms with Crippen LogP contribution >= 0.6 is 0 Å². The molecule has 0 amide bonds. The van der Waals surface area contributed by atoms with Gasteiger partial charge in [0, 0.05) is 13.1 Å². The third-order valence-electron chi connectivity index (χ3n) is 4.41. The lowest BCUT2D eigenvalue weighted by molar-refractivity contribution is 0.436. The van der Waals surface area contributed by atoms with Crippen LogP contribution in [0.3, 0.4) is 0 Å². The van der Waals surface area contributed by atoms with Gasteiger partial charge in [-0.3, -0.25) is 4.72 Å². The van der Waals surface area contributed by atoms with Crippen molar-refractivity contribution in [3.8, 4) is 0 Å². The van der Waals surface area contributed by atoms with Crippen molar-refractivity contribution in [1.82, 2.24) is 4.98 Å². The predicted molar refractivity (Wildman–Crippen MR) is 96.8 cm³/mol. The minimum Gasteiger partial charge on any atom is -0.357 e. The summed E-state index contributed by atoms with van der Waals surface area (Å²) in [7, 11) is -3.58. The molecular formula is C18H23N3O2S. The lowest BCUT2D eigenvalue weighted by atomic mass is 9.99. The summed E-state index contributed by atoms with van der Waals surface area (Å²) in [4.78, 5) is 6.93. The van der Waals surface area contributed by atoms with Gasteiger partial charge in [-0.15, -0.1) is 0 Å². The zero-order chi connectivity index (χ0) is 17.2. The van der Waals surface area contributed by atoms with Gasteiger partial charge in [-0.2, -0.15) is 0 Å². The van der Waals surface area contributed by atoms with Crippen LogP contribution in [-0.4, -0.2) is 26.5 Å². The SMILES string of the molecule is Cc1cccc(S(=O)(=O)Nc2ccc(N3CCC(C)CC3)nc2)c1. The Hall–Kier alpha value is -2.08. The first-order valence-corrected chi connectivity index (χ1v) is 9.73. The van der Waals surface area contributed by atoms with Crippen molar-refractivity contribution in [3.63, 3.8) is 0 Å². The Morgan fingerprint density at radius 3 is 2.54 bits per heavy atom. The molecule has 0 unspecified atom stereocenters. The molecule has 0 aliphatic carbocycles. The fraction of sp³-hybridized carbons (Fsp3) is 0.389. The van der Waals surface area contributed by atoms with Crippen LogP contribution in [0.1, 0.15) is 25.3 Å². The minimum absolute atomic E-state index is 0.261. The summed E-state index contributed by atoms with van der Waals surface area (Å²) >= 11 is 0. The molecule has 6 heteroatoms. The topological polar surface area (TPSA) is 62.3 Å². The summed E-state index contributed by atoms with van der Waals surface area (Å²) in [5.74, 6) is 1.67. The van der Waals surface area contributed by atoms with Crippen molar-refractivity contribution in [2.75, 3.05) is 22.7 Å². The van der Waals surface area contributed by atoms with E-state index in [1.165, 1.54) is 12.8 Å². The number of anilines is 2. The molecular weight excluding hydrogens is 322 g/mol. The first-order chi connectivity index (χ1) is 11.4. The Morgan fingerprint density at radius 1 is 1.17 bits per heavy atom. The van der Waals surface area contributed by atoms with Crippen LogP contribution in [0.5, 0.6) is 0 Å². The monoisotopic (exact) mass is 345 g/mol. The maximum Gasteiger partial charge on any atom is 0.261 e. The van der Waals surface area contributed by atoms with E-state index in [2.05, 4.69) is 21.5 Å². The molecule has 0 saturated carbocycles. The van der Waals surface area contributed by atoms with Crippen molar-refractivity contribution in [2.45, 2.75) is 31.6 Å². The highest BCUT2D eigenvalue weighted by Gasteiger charge is 2.18. The quantitative estimate of drug-likeness (QED) is 0.922. The summed E-state index contributed by atoms with van der Waals surface area (Å²) in [5, 5.41) is 0. The number of pyridine rings is 1. The molecule has 2 heterocycles. The molecule has 1 fully saturated rings. The predicted octanol–water partition coefficient (Wildman–Crippen LogP) is 3.43. The average Bonchev–Trinajstić information content (AvgIpc) is 2.56. The van der Waals surface area contributed by atoms with Crippen LogP contribution in [0.4, 0.5) is 11.5 Å². The minimum atomic E-state index is -3.58. The van der Waals surface area contributed by atoms with E-state index >= 15 is 0 Å². The van der Waals surface area contributed by atoms with Crippen LogP contribution in [0.15, 0.2) is 47.5 Å². The maximum atomic E-state index is 12.4. The van der Waals surface area contributed by atoms with Gasteiger partial charge >= 0.3 is 0 Å². The second-order valence-corrected chi connectivity index (χ2v) is 8.18. The normalized spacial score (nSPS) is 16.2. The number of nitrogens with one attached hydrogen (secondary N) is 1.